The lowest BCUT2D eigenvalue weighted by Gasteiger charge is -2.32. The Balaban J connectivity index is 1.48. The number of hydrogen-bond acceptors (Lipinski definition) is 3. The highest BCUT2D eigenvalue weighted by atomic mass is 16.2. The van der Waals surface area contributed by atoms with Gasteiger partial charge in [0.05, 0.1) is 6.54 Å². The molecule has 2 saturated heterocycles. The van der Waals surface area contributed by atoms with Crippen molar-refractivity contribution in [3.05, 3.63) is 24.3 Å². The fourth-order valence-electron chi connectivity index (χ4n) is 3.49. The number of likely N-dealkylation sites (tertiary alicyclic amines) is 1. The molecular weight excluding hydrogens is 286 g/mol. The molecule has 126 valence electrons. The highest BCUT2D eigenvalue weighted by Crippen LogP contribution is 2.24. The number of amides is 1. The van der Waals surface area contributed by atoms with Gasteiger partial charge in [-0.15, -0.1) is 0 Å². The van der Waals surface area contributed by atoms with E-state index in [-0.39, 0.29) is 5.91 Å². The third-order valence-corrected chi connectivity index (χ3v) is 5.17. The number of carbonyl (C=O) groups is 1. The van der Waals surface area contributed by atoms with Gasteiger partial charge >= 0.3 is 0 Å². The average molecular weight is 315 g/mol. The largest absolute Gasteiger partial charge is 0.376 e. The van der Waals surface area contributed by atoms with E-state index in [1.165, 1.54) is 24.9 Å². The van der Waals surface area contributed by atoms with Gasteiger partial charge in [0, 0.05) is 37.6 Å². The molecule has 4 nitrogen and oxygen atoms in total. The molecule has 1 aromatic rings. The fraction of sp³-hybridized carbons (Fsp3) is 0.632. The number of hydrogen-bond donors (Lipinski definition) is 1. The fourth-order valence-corrected chi connectivity index (χ4v) is 3.49. The van der Waals surface area contributed by atoms with Gasteiger partial charge in [-0.2, -0.15) is 0 Å². The maximum atomic E-state index is 12.2. The van der Waals surface area contributed by atoms with E-state index in [9.17, 15) is 4.79 Å². The summed E-state index contributed by atoms with van der Waals surface area (Å²) in [5.74, 6) is 1.08. The third-order valence-electron chi connectivity index (χ3n) is 5.17. The molecule has 1 aromatic carbocycles. The van der Waals surface area contributed by atoms with E-state index in [1.807, 2.05) is 4.90 Å². The Labute approximate surface area is 139 Å². The topological polar surface area (TPSA) is 35.6 Å². The van der Waals surface area contributed by atoms with Crippen LogP contribution in [0.4, 0.5) is 11.4 Å². The molecular formula is C19H29N3O. The van der Waals surface area contributed by atoms with Crippen LogP contribution < -0.4 is 10.2 Å². The summed E-state index contributed by atoms with van der Waals surface area (Å²) in [7, 11) is 0. The first-order valence-corrected chi connectivity index (χ1v) is 9.09. The summed E-state index contributed by atoms with van der Waals surface area (Å²) in [6.07, 6.45) is 6.12. The van der Waals surface area contributed by atoms with Crippen molar-refractivity contribution in [1.29, 1.82) is 0 Å². The molecule has 0 aromatic heterocycles. The standard InChI is InChI=1S/C19H29N3O/c1-16-9-13-21(14-10-16)18-7-5-17(6-8-18)20-15-19(23)22-11-3-2-4-12-22/h5-8,16,20H,2-4,9-15H2,1H3. The van der Waals surface area contributed by atoms with E-state index >= 15 is 0 Å². The lowest BCUT2D eigenvalue weighted by molar-refractivity contribution is -0.130. The number of anilines is 2. The third kappa shape index (κ3) is 4.40. The molecule has 4 heteroatoms. The van der Waals surface area contributed by atoms with Crippen LogP contribution in [-0.4, -0.2) is 43.5 Å². The summed E-state index contributed by atoms with van der Waals surface area (Å²) in [6, 6.07) is 8.53. The van der Waals surface area contributed by atoms with Gasteiger partial charge in [-0.25, -0.2) is 0 Å². The second-order valence-corrected chi connectivity index (χ2v) is 7.01. The molecule has 0 radical (unpaired) electrons. The number of piperidine rings is 2. The van der Waals surface area contributed by atoms with Gasteiger partial charge in [0.2, 0.25) is 5.91 Å². The first-order valence-electron chi connectivity index (χ1n) is 9.09. The van der Waals surface area contributed by atoms with Crippen LogP contribution in [0.15, 0.2) is 24.3 Å². The van der Waals surface area contributed by atoms with Crippen molar-refractivity contribution in [1.82, 2.24) is 4.90 Å². The molecule has 23 heavy (non-hydrogen) atoms. The minimum absolute atomic E-state index is 0.221. The highest BCUT2D eigenvalue weighted by Gasteiger charge is 2.17. The Morgan fingerprint density at radius 1 is 1.04 bits per heavy atom. The second-order valence-electron chi connectivity index (χ2n) is 7.01. The van der Waals surface area contributed by atoms with Gasteiger partial charge in [0.15, 0.2) is 0 Å². The van der Waals surface area contributed by atoms with Gasteiger partial charge in [0.1, 0.15) is 0 Å². The molecule has 0 unspecified atom stereocenters. The molecule has 0 spiro atoms. The van der Waals surface area contributed by atoms with Gasteiger partial charge in [0.25, 0.3) is 0 Å². The summed E-state index contributed by atoms with van der Waals surface area (Å²) in [4.78, 5) is 16.6. The zero-order chi connectivity index (χ0) is 16.1. The van der Waals surface area contributed by atoms with Crippen LogP contribution in [0.25, 0.3) is 0 Å². The Hall–Kier alpha value is -1.71. The smallest absolute Gasteiger partial charge is 0.241 e. The van der Waals surface area contributed by atoms with Crippen molar-refractivity contribution >= 4 is 17.3 Å². The molecule has 0 bridgehead atoms. The molecule has 2 aliphatic rings. The molecule has 0 atom stereocenters. The molecule has 3 rings (SSSR count). The van der Waals surface area contributed by atoms with E-state index in [4.69, 9.17) is 0 Å². The normalized spacial score (nSPS) is 19.7. The molecule has 2 heterocycles. The van der Waals surface area contributed by atoms with Crippen molar-refractivity contribution in [2.75, 3.05) is 42.9 Å². The summed E-state index contributed by atoms with van der Waals surface area (Å²) in [6.45, 7) is 6.90. The van der Waals surface area contributed by atoms with Crippen molar-refractivity contribution in [3.63, 3.8) is 0 Å². The van der Waals surface area contributed by atoms with Crippen LogP contribution in [0, 0.1) is 5.92 Å². The Bertz CT molecular complexity index is 500. The van der Waals surface area contributed by atoms with Gasteiger partial charge in [-0.3, -0.25) is 4.79 Å². The van der Waals surface area contributed by atoms with Crippen LogP contribution in [0.2, 0.25) is 0 Å². The summed E-state index contributed by atoms with van der Waals surface area (Å²) in [5, 5.41) is 3.27. The second kappa shape index (κ2) is 7.71. The molecule has 2 aliphatic heterocycles. The molecule has 1 amide bonds. The number of nitrogens with one attached hydrogen (secondary N) is 1. The van der Waals surface area contributed by atoms with Crippen LogP contribution >= 0.6 is 0 Å². The maximum Gasteiger partial charge on any atom is 0.241 e. The number of rotatable bonds is 4. The van der Waals surface area contributed by atoms with Crippen LogP contribution in [0.1, 0.15) is 39.0 Å². The Morgan fingerprint density at radius 3 is 2.35 bits per heavy atom. The predicted octanol–water partition coefficient (Wildman–Crippen LogP) is 3.35. The lowest BCUT2D eigenvalue weighted by atomic mass is 9.99. The summed E-state index contributed by atoms with van der Waals surface area (Å²) in [5.41, 5.74) is 2.33. The molecule has 2 fully saturated rings. The highest BCUT2D eigenvalue weighted by molar-refractivity contribution is 5.81. The monoisotopic (exact) mass is 315 g/mol. The zero-order valence-electron chi connectivity index (χ0n) is 14.3. The summed E-state index contributed by atoms with van der Waals surface area (Å²) < 4.78 is 0. The van der Waals surface area contributed by atoms with E-state index in [2.05, 4.69) is 41.4 Å². The molecule has 0 saturated carbocycles. The van der Waals surface area contributed by atoms with Crippen molar-refractivity contribution in [3.8, 4) is 0 Å². The van der Waals surface area contributed by atoms with Crippen molar-refractivity contribution in [2.24, 2.45) is 5.92 Å². The zero-order valence-corrected chi connectivity index (χ0v) is 14.3. The lowest BCUT2D eigenvalue weighted by Crippen LogP contribution is -2.39. The van der Waals surface area contributed by atoms with Crippen LogP contribution in [0.3, 0.4) is 0 Å². The van der Waals surface area contributed by atoms with Crippen LogP contribution in [0.5, 0.6) is 0 Å². The summed E-state index contributed by atoms with van der Waals surface area (Å²) >= 11 is 0. The maximum absolute atomic E-state index is 12.2. The first-order chi connectivity index (χ1) is 11.2. The van der Waals surface area contributed by atoms with Gasteiger partial charge < -0.3 is 15.1 Å². The van der Waals surface area contributed by atoms with Crippen molar-refractivity contribution < 1.29 is 4.79 Å². The molecule has 1 N–H and O–H groups in total. The number of carbonyl (C=O) groups excluding carboxylic acids is 1. The van der Waals surface area contributed by atoms with E-state index in [1.54, 1.807) is 0 Å². The van der Waals surface area contributed by atoms with Crippen LogP contribution in [-0.2, 0) is 4.79 Å². The minimum atomic E-state index is 0.221. The van der Waals surface area contributed by atoms with Gasteiger partial charge in [-0.1, -0.05) is 6.92 Å². The Kier molecular flexibility index (Phi) is 5.42. The Morgan fingerprint density at radius 2 is 1.70 bits per heavy atom. The SMILES string of the molecule is CC1CCN(c2ccc(NCC(=O)N3CCCCC3)cc2)CC1. The number of nitrogens with zero attached hydrogens (tertiary/aromatic N) is 2. The predicted molar refractivity (Wildman–Crippen MR) is 96.0 cm³/mol. The van der Waals surface area contributed by atoms with Gasteiger partial charge in [-0.05, 0) is 62.3 Å². The average Bonchev–Trinajstić information content (AvgIpc) is 2.61. The van der Waals surface area contributed by atoms with E-state index in [0.29, 0.717) is 6.54 Å². The quantitative estimate of drug-likeness (QED) is 0.925. The minimum Gasteiger partial charge on any atom is -0.376 e. The van der Waals surface area contributed by atoms with E-state index in [0.717, 1.165) is 50.6 Å². The first kappa shape index (κ1) is 16.2. The molecule has 0 aliphatic carbocycles. The van der Waals surface area contributed by atoms with E-state index < -0.39 is 0 Å². The van der Waals surface area contributed by atoms with Crippen molar-refractivity contribution in [2.45, 2.75) is 39.0 Å². The number of benzene rings is 1.